The topological polar surface area (TPSA) is 0 Å². The number of fused-ring (bicyclic) bond motifs is 2. The van der Waals surface area contributed by atoms with E-state index in [2.05, 4.69) is 19.9 Å². The van der Waals surface area contributed by atoms with E-state index in [4.69, 9.17) is 0 Å². The smallest absolute Gasteiger partial charge is 0.0138 e. The molecule has 6 aliphatic rings. The lowest BCUT2D eigenvalue weighted by molar-refractivity contribution is 0.106. The molecule has 0 N–H and O–H groups in total. The highest BCUT2D eigenvalue weighted by Crippen LogP contribution is 2.67. The van der Waals surface area contributed by atoms with Gasteiger partial charge >= 0.3 is 0 Å². The Kier molecular flexibility index (Phi) is 4.73. The monoisotopic (exact) mass is 380 g/mol. The van der Waals surface area contributed by atoms with E-state index < -0.39 is 0 Å². The van der Waals surface area contributed by atoms with E-state index >= 15 is 0 Å². The maximum Gasteiger partial charge on any atom is -0.0138 e. The third-order valence-electron chi connectivity index (χ3n) is 11.0. The maximum absolute atomic E-state index is 2.81. The van der Waals surface area contributed by atoms with Crippen LogP contribution in [-0.4, -0.2) is 0 Å². The molecule has 0 aromatic heterocycles. The standard InChI is InChI=1S/C28H44/c1-17-3-8-22-15-25-16-24-14-23-10-7-20-5-4-19(13-20)6-9-21(12-18(2)11-17)26(22)28(25)27(23)24/h10,17-22,24-28H,3-9,11-16H2,1-2H3/b23-10+. The summed E-state index contributed by atoms with van der Waals surface area (Å²) in [6, 6.07) is 0. The van der Waals surface area contributed by atoms with E-state index in [-0.39, 0.29) is 0 Å². The largest absolute Gasteiger partial charge is 0.0847 e. The van der Waals surface area contributed by atoms with E-state index in [1.54, 1.807) is 57.8 Å². The molecule has 6 aliphatic carbocycles. The molecule has 28 heavy (non-hydrogen) atoms. The number of hydrogen-bond acceptors (Lipinski definition) is 0. The lowest BCUT2D eigenvalue weighted by Crippen LogP contribution is -2.36. The van der Waals surface area contributed by atoms with Crippen LogP contribution in [0.25, 0.3) is 0 Å². The first kappa shape index (κ1) is 18.5. The zero-order valence-corrected chi connectivity index (χ0v) is 18.6. The van der Waals surface area contributed by atoms with Crippen LogP contribution >= 0.6 is 0 Å². The van der Waals surface area contributed by atoms with Crippen LogP contribution in [0.4, 0.5) is 0 Å². The minimum atomic E-state index is 0.968. The van der Waals surface area contributed by atoms with Gasteiger partial charge in [0.25, 0.3) is 0 Å². The van der Waals surface area contributed by atoms with Gasteiger partial charge in [-0.05, 0) is 129 Å². The number of hydrogen-bond donors (Lipinski definition) is 0. The van der Waals surface area contributed by atoms with Crippen molar-refractivity contribution in [2.24, 2.45) is 65.1 Å². The molecule has 156 valence electrons. The molecule has 0 heterocycles. The fraction of sp³-hybridized carbons (Fsp3) is 0.929. The van der Waals surface area contributed by atoms with Crippen LogP contribution in [0.5, 0.6) is 0 Å². The van der Waals surface area contributed by atoms with Gasteiger partial charge < -0.3 is 0 Å². The Morgan fingerprint density at radius 2 is 1.36 bits per heavy atom. The molecule has 0 spiro atoms. The van der Waals surface area contributed by atoms with Gasteiger partial charge in [0.1, 0.15) is 0 Å². The Hall–Kier alpha value is -0.260. The number of allylic oxidation sites excluding steroid dienone is 2. The lowest BCUT2D eigenvalue weighted by atomic mass is 9.61. The third-order valence-corrected chi connectivity index (χ3v) is 11.0. The molecular formula is C28H44. The molecule has 0 aromatic rings. The van der Waals surface area contributed by atoms with Crippen molar-refractivity contribution in [2.75, 3.05) is 0 Å². The van der Waals surface area contributed by atoms with Crippen molar-refractivity contribution < 1.29 is 0 Å². The summed E-state index contributed by atoms with van der Waals surface area (Å²) in [5.74, 6) is 11.7. The highest BCUT2D eigenvalue weighted by molar-refractivity contribution is 5.26. The summed E-state index contributed by atoms with van der Waals surface area (Å²) in [6.45, 7) is 5.17. The summed E-state index contributed by atoms with van der Waals surface area (Å²) in [5, 5.41) is 0. The Morgan fingerprint density at radius 1 is 0.607 bits per heavy atom. The van der Waals surface area contributed by atoms with Crippen LogP contribution in [0, 0.1) is 65.1 Å². The Labute approximate surface area is 174 Å². The third kappa shape index (κ3) is 3.06. The Balaban J connectivity index is 1.36. The molecule has 0 nitrogen and oxygen atoms in total. The van der Waals surface area contributed by atoms with Crippen LogP contribution in [0.3, 0.4) is 0 Å². The van der Waals surface area contributed by atoms with Crippen LogP contribution in [0.15, 0.2) is 11.6 Å². The first-order valence-corrected chi connectivity index (χ1v) is 13.3. The average Bonchev–Trinajstić information content (AvgIpc) is 3.29. The van der Waals surface area contributed by atoms with Crippen molar-refractivity contribution in [3.63, 3.8) is 0 Å². The Morgan fingerprint density at radius 3 is 2.29 bits per heavy atom. The minimum Gasteiger partial charge on any atom is -0.0847 e. The highest BCUT2D eigenvalue weighted by atomic mass is 14.6. The molecule has 0 radical (unpaired) electrons. The van der Waals surface area contributed by atoms with Gasteiger partial charge in [-0.15, -0.1) is 0 Å². The SMILES string of the molecule is CC1CCC2CC3CC4C/C5=C\CC6CCC(CCC(CC(C)C1)C2C3C54)C6. The predicted octanol–water partition coefficient (Wildman–Crippen LogP) is 7.88. The van der Waals surface area contributed by atoms with Gasteiger partial charge in [0.15, 0.2) is 0 Å². The Bertz CT molecular complexity index is 616. The molecule has 0 amide bonds. The molecule has 0 heteroatoms. The molecule has 11 unspecified atom stereocenters. The number of rotatable bonds is 0. The molecule has 5 saturated carbocycles. The van der Waals surface area contributed by atoms with Crippen LogP contribution in [-0.2, 0) is 0 Å². The van der Waals surface area contributed by atoms with Crippen molar-refractivity contribution >= 4 is 0 Å². The minimum absolute atomic E-state index is 0.968. The molecular weight excluding hydrogens is 336 g/mol. The molecule has 0 aromatic carbocycles. The summed E-state index contributed by atoms with van der Waals surface area (Å²) in [6.07, 6.45) is 23.0. The molecule has 2 bridgehead atoms. The predicted molar refractivity (Wildman–Crippen MR) is 118 cm³/mol. The van der Waals surface area contributed by atoms with Gasteiger partial charge in [-0.3, -0.25) is 0 Å². The van der Waals surface area contributed by atoms with Gasteiger partial charge in [-0.1, -0.05) is 44.8 Å². The molecule has 11 atom stereocenters. The van der Waals surface area contributed by atoms with Crippen LogP contribution in [0.1, 0.15) is 97.3 Å². The average molecular weight is 381 g/mol. The van der Waals surface area contributed by atoms with Gasteiger partial charge in [0, 0.05) is 0 Å². The van der Waals surface area contributed by atoms with Crippen molar-refractivity contribution in [3.05, 3.63) is 11.6 Å². The molecule has 0 aliphatic heterocycles. The van der Waals surface area contributed by atoms with Crippen LogP contribution in [0.2, 0.25) is 0 Å². The lowest BCUT2D eigenvalue weighted by Gasteiger charge is -2.44. The summed E-state index contributed by atoms with van der Waals surface area (Å²) < 4.78 is 0. The quantitative estimate of drug-likeness (QED) is 0.375. The zero-order chi connectivity index (χ0) is 18.8. The molecule has 5 fully saturated rings. The van der Waals surface area contributed by atoms with Crippen molar-refractivity contribution in [1.82, 2.24) is 0 Å². The fourth-order valence-corrected chi connectivity index (χ4v) is 10.0. The van der Waals surface area contributed by atoms with Crippen molar-refractivity contribution in [1.29, 1.82) is 0 Å². The summed E-state index contributed by atoms with van der Waals surface area (Å²) in [7, 11) is 0. The van der Waals surface area contributed by atoms with Gasteiger partial charge in [0.2, 0.25) is 0 Å². The van der Waals surface area contributed by atoms with Gasteiger partial charge in [-0.25, -0.2) is 0 Å². The first-order valence-electron chi connectivity index (χ1n) is 13.3. The second-order valence-electron chi connectivity index (χ2n) is 12.8. The van der Waals surface area contributed by atoms with E-state index in [1.807, 2.05) is 5.57 Å². The summed E-state index contributed by atoms with van der Waals surface area (Å²) in [4.78, 5) is 0. The second kappa shape index (κ2) is 7.16. The summed E-state index contributed by atoms with van der Waals surface area (Å²) >= 11 is 0. The van der Waals surface area contributed by atoms with E-state index in [9.17, 15) is 0 Å². The van der Waals surface area contributed by atoms with E-state index in [0.29, 0.717) is 0 Å². The van der Waals surface area contributed by atoms with E-state index in [0.717, 1.165) is 65.1 Å². The van der Waals surface area contributed by atoms with Gasteiger partial charge in [-0.2, -0.15) is 0 Å². The van der Waals surface area contributed by atoms with Crippen LogP contribution < -0.4 is 0 Å². The first-order chi connectivity index (χ1) is 13.7. The van der Waals surface area contributed by atoms with Crippen molar-refractivity contribution in [2.45, 2.75) is 97.3 Å². The second-order valence-corrected chi connectivity index (χ2v) is 12.8. The molecule has 6 rings (SSSR count). The highest BCUT2D eigenvalue weighted by Gasteiger charge is 2.59. The van der Waals surface area contributed by atoms with Crippen molar-refractivity contribution in [3.8, 4) is 0 Å². The fourth-order valence-electron chi connectivity index (χ4n) is 10.0. The van der Waals surface area contributed by atoms with E-state index in [1.165, 1.54) is 25.7 Å². The summed E-state index contributed by atoms with van der Waals surface area (Å²) in [5.41, 5.74) is 1.96. The molecule has 0 saturated heterocycles. The van der Waals surface area contributed by atoms with Gasteiger partial charge in [0.05, 0.1) is 0 Å². The zero-order valence-electron chi connectivity index (χ0n) is 18.6. The normalized spacial score (nSPS) is 57.5. The maximum atomic E-state index is 2.81.